The van der Waals surface area contributed by atoms with E-state index in [0.29, 0.717) is 5.92 Å². The molecule has 3 rings (SSSR count). The van der Waals surface area contributed by atoms with Crippen LogP contribution in [0, 0.1) is 5.92 Å². The molecule has 0 saturated heterocycles. The average Bonchev–Trinajstić information content (AvgIpc) is 2.63. The Kier molecular flexibility index (Phi) is 4.11. The van der Waals surface area contributed by atoms with Crippen molar-refractivity contribution in [3.8, 4) is 0 Å². The van der Waals surface area contributed by atoms with E-state index in [1.165, 1.54) is 30.4 Å². The van der Waals surface area contributed by atoms with E-state index in [-0.39, 0.29) is 12.1 Å². The summed E-state index contributed by atoms with van der Waals surface area (Å²) < 4.78 is 6.27. The molecule has 0 radical (unpaired) electrons. The molecule has 1 aliphatic heterocycles. The second kappa shape index (κ2) is 6.01. The van der Waals surface area contributed by atoms with Gasteiger partial charge in [0.2, 0.25) is 0 Å². The summed E-state index contributed by atoms with van der Waals surface area (Å²) in [6.07, 6.45) is 18.2. The van der Waals surface area contributed by atoms with E-state index in [2.05, 4.69) is 37.3 Å². The van der Waals surface area contributed by atoms with Gasteiger partial charge in [0.05, 0.1) is 0 Å². The monoisotopic (exact) mass is 271 g/mol. The average molecular weight is 271 g/mol. The molecule has 2 aliphatic carbocycles. The van der Waals surface area contributed by atoms with Crippen molar-refractivity contribution < 1.29 is 4.74 Å². The lowest BCUT2D eigenvalue weighted by molar-refractivity contribution is 0.0957. The Morgan fingerprint density at radius 1 is 1.20 bits per heavy atom. The number of nitrogens with two attached hydrogens (primary N) is 1. The Balaban J connectivity index is 1.92. The topological polar surface area (TPSA) is 35.2 Å². The minimum absolute atomic E-state index is 0.181. The first-order chi connectivity index (χ1) is 9.79. The molecule has 0 aromatic heterocycles. The maximum atomic E-state index is 6.33. The molecular formula is C18H25NO. The van der Waals surface area contributed by atoms with Gasteiger partial charge in [-0.15, -0.1) is 0 Å². The first-order valence-corrected chi connectivity index (χ1v) is 8.01. The molecule has 0 amide bonds. The van der Waals surface area contributed by atoms with Crippen LogP contribution in [0.5, 0.6) is 0 Å². The molecule has 20 heavy (non-hydrogen) atoms. The van der Waals surface area contributed by atoms with E-state index in [0.717, 1.165) is 25.0 Å². The van der Waals surface area contributed by atoms with E-state index in [1.54, 1.807) is 0 Å². The van der Waals surface area contributed by atoms with E-state index < -0.39 is 0 Å². The third-order valence-electron chi connectivity index (χ3n) is 4.62. The second-order valence-electron chi connectivity index (χ2n) is 6.14. The van der Waals surface area contributed by atoms with Gasteiger partial charge in [-0.2, -0.15) is 0 Å². The molecule has 2 N–H and O–H groups in total. The minimum Gasteiger partial charge on any atom is -0.488 e. The molecule has 0 aromatic rings. The zero-order valence-corrected chi connectivity index (χ0v) is 12.3. The maximum Gasteiger partial charge on any atom is 0.123 e. The standard InChI is InChI=1S/C18H25NO/c1-2-7-13-8-3-4-9-14-15-10-5-6-11-16(19)18(15)20-17(14)12-13/h3-4,8-9,12,15-16,18H,2,5-7,10-11,19H2,1H3/b4-3?,8-3+,9-4+,13-8?,13-12-,14-9?,17-12?. The summed E-state index contributed by atoms with van der Waals surface area (Å²) >= 11 is 0. The van der Waals surface area contributed by atoms with Gasteiger partial charge in [-0.05, 0) is 30.9 Å². The fourth-order valence-corrected chi connectivity index (χ4v) is 3.59. The molecule has 0 aromatic carbocycles. The van der Waals surface area contributed by atoms with Crippen LogP contribution in [0.25, 0.3) is 0 Å². The van der Waals surface area contributed by atoms with Crippen LogP contribution in [0.3, 0.4) is 0 Å². The molecule has 1 heterocycles. The van der Waals surface area contributed by atoms with Gasteiger partial charge in [0.15, 0.2) is 0 Å². The highest BCUT2D eigenvalue weighted by Gasteiger charge is 2.39. The van der Waals surface area contributed by atoms with Crippen LogP contribution < -0.4 is 5.73 Å². The Hall–Kier alpha value is -1.28. The molecular weight excluding hydrogens is 246 g/mol. The quantitative estimate of drug-likeness (QED) is 0.823. The largest absolute Gasteiger partial charge is 0.488 e. The van der Waals surface area contributed by atoms with Gasteiger partial charge in [0.25, 0.3) is 0 Å². The first-order valence-electron chi connectivity index (χ1n) is 8.01. The summed E-state index contributed by atoms with van der Waals surface area (Å²) in [6, 6.07) is 0.181. The van der Waals surface area contributed by atoms with E-state index in [9.17, 15) is 0 Å². The van der Waals surface area contributed by atoms with E-state index in [1.807, 2.05) is 0 Å². The zero-order chi connectivity index (χ0) is 13.9. The Morgan fingerprint density at radius 3 is 2.85 bits per heavy atom. The normalized spacial score (nSPS) is 38.5. The lowest BCUT2D eigenvalue weighted by atomic mass is 9.88. The van der Waals surface area contributed by atoms with Crippen molar-refractivity contribution in [1.29, 1.82) is 0 Å². The fourth-order valence-electron chi connectivity index (χ4n) is 3.59. The smallest absolute Gasteiger partial charge is 0.123 e. The Bertz CT molecular complexity index is 484. The summed E-state index contributed by atoms with van der Waals surface area (Å²) in [5.74, 6) is 1.56. The van der Waals surface area contributed by atoms with E-state index >= 15 is 0 Å². The molecule has 3 unspecified atom stereocenters. The molecule has 0 spiro atoms. The summed E-state index contributed by atoms with van der Waals surface area (Å²) in [5.41, 5.74) is 9.06. The molecule has 0 bridgehead atoms. The summed E-state index contributed by atoms with van der Waals surface area (Å²) in [5, 5.41) is 0. The summed E-state index contributed by atoms with van der Waals surface area (Å²) in [6.45, 7) is 2.22. The van der Waals surface area contributed by atoms with Crippen LogP contribution in [-0.4, -0.2) is 12.1 Å². The van der Waals surface area contributed by atoms with Crippen molar-refractivity contribution in [2.24, 2.45) is 11.7 Å². The van der Waals surface area contributed by atoms with Crippen molar-refractivity contribution >= 4 is 0 Å². The first kappa shape index (κ1) is 13.7. The van der Waals surface area contributed by atoms with Crippen LogP contribution in [0.4, 0.5) is 0 Å². The molecule has 3 atom stereocenters. The van der Waals surface area contributed by atoms with Crippen molar-refractivity contribution in [3.63, 3.8) is 0 Å². The molecule has 3 aliphatic rings. The van der Waals surface area contributed by atoms with Crippen molar-refractivity contribution in [2.75, 3.05) is 0 Å². The second-order valence-corrected chi connectivity index (χ2v) is 6.14. The molecule has 1 saturated carbocycles. The van der Waals surface area contributed by atoms with Gasteiger partial charge in [-0.1, -0.05) is 50.5 Å². The third-order valence-corrected chi connectivity index (χ3v) is 4.62. The van der Waals surface area contributed by atoms with Gasteiger partial charge < -0.3 is 10.5 Å². The van der Waals surface area contributed by atoms with Crippen molar-refractivity contribution in [2.45, 2.75) is 57.6 Å². The van der Waals surface area contributed by atoms with Crippen LogP contribution in [-0.2, 0) is 4.74 Å². The number of ether oxygens (including phenoxy) is 1. The van der Waals surface area contributed by atoms with Crippen LogP contribution in [0.15, 0.2) is 47.3 Å². The van der Waals surface area contributed by atoms with Crippen LogP contribution in [0.1, 0.15) is 45.4 Å². The summed E-state index contributed by atoms with van der Waals surface area (Å²) in [4.78, 5) is 0. The van der Waals surface area contributed by atoms with Crippen LogP contribution in [0.2, 0.25) is 0 Å². The lowest BCUT2D eigenvalue weighted by Crippen LogP contribution is -2.38. The molecule has 1 fully saturated rings. The van der Waals surface area contributed by atoms with Crippen LogP contribution >= 0.6 is 0 Å². The zero-order valence-electron chi connectivity index (χ0n) is 12.3. The maximum absolute atomic E-state index is 6.33. The SMILES string of the molecule is CCCC1=C\C2=C(/C=C/C=C/1)C1CCCCC(N)C1O2. The number of hydrogen-bond acceptors (Lipinski definition) is 2. The predicted molar refractivity (Wildman–Crippen MR) is 83.1 cm³/mol. The van der Waals surface area contributed by atoms with Gasteiger partial charge >= 0.3 is 0 Å². The van der Waals surface area contributed by atoms with Gasteiger partial charge in [0, 0.05) is 17.5 Å². The van der Waals surface area contributed by atoms with E-state index in [4.69, 9.17) is 10.5 Å². The fraction of sp³-hybridized carbons (Fsp3) is 0.556. The predicted octanol–water partition coefficient (Wildman–Crippen LogP) is 4.01. The highest BCUT2D eigenvalue weighted by molar-refractivity contribution is 5.43. The number of allylic oxidation sites excluding steroid dienone is 6. The lowest BCUT2D eigenvalue weighted by Gasteiger charge is -2.22. The molecule has 2 heteroatoms. The number of fused-ring (bicyclic) bond motifs is 2. The van der Waals surface area contributed by atoms with Gasteiger partial charge in [0.1, 0.15) is 11.9 Å². The summed E-state index contributed by atoms with van der Waals surface area (Å²) in [7, 11) is 0. The number of hydrogen-bond donors (Lipinski definition) is 1. The Labute approximate surface area is 122 Å². The van der Waals surface area contributed by atoms with Crippen molar-refractivity contribution in [3.05, 3.63) is 47.3 Å². The highest BCUT2D eigenvalue weighted by Crippen LogP contribution is 2.41. The molecule has 108 valence electrons. The van der Waals surface area contributed by atoms with Gasteiger partial charge in [-0.25, -0.2) is 0 Å². The highest BCUT2D eigenvalue weighted by atomic mass is 16.5. The van der Waals surface area contributed by atoms with Crippen molar-refractivity contribution in [1.82, 2.24) is 0 Å². The molecule has 2 nitrogen and oxygen atoms in total. The number of rotatable bonds is 2. The minimum atomic E-state index is 0.181. The Morgan fingerprint density at radius 2 is 2.00 bits per heavy atom. The van der Waals surface area contributed by atoms with Gasteiger partial charge in [-0.3, -0.25) is 0 Å². The third kappa shape index (κ3) is 2.62.